The lowest BCUT2D eigenvalue weighted by Gasteiger charge is -2.37. The van der Waals surface area contributed by atoms with E-state index in [9.17, 15) is 19.2 Å². The summed E-state index contributed by atoms with van der Waals surface area (Å²) in [6, 6.07) is 6.37. The Bertz CT molecular complexity index is 946. The van der Waals surface area contributed by atoms with Crippen LogP contribution in [0.1, 0.15) is 30.6 Å². The SMILES string of the molecule is CC(C)COC(=O)c1ccc(NC(=O)CN2C(=O)C3C4C=CC(C5CC45)C3C2=O)cc1. The minimum atomic E-state index is -0.430. The van der Waals surface area contributed by atoms with Gasteiger partial charge in [0.2, 0.25) is 17.7 Å². The van der Waals surface area contributed by atoms with Crippen molar-refractivity contribution in [1.82, 2.24) is 4.90 Å². The van der Waals surface area contributed by atoms with E-state index < -0.39 is 11.9 Å². The van der Waals surface area contributed by atoms with Crippen molar-refractivity contribution >= 4 is 29.4 Å². The molecule has 1 aromatic rings. The number of nitrogens with zero attached hydrogens (tertiary/aromatic N) is 1. The number of hydrogen-bond acceptors (Lipinski definition) is 5. The maximum absolute atomic E-state index is 13.0. The molecule has 0 radical (unpaired) electrons. The lowest BCUT2D eigenvalue weighted by atomic mass is 9.63. The highest BCUT2D eigenvalue weighted by Gasteiger charge is 2.67. The molecule has 1 saturated heterocycles. The van der Waals surface area contributed by atoms with Crippen molar-refractivity contribution in [2.24, 2.45) is 41.4 Å². The van der Waals surface area contributed by atoms with Gasteiger partial charge in [-0.3, -0.25) is 19.3 Å². The summed E-state index contributed by atoms with van der Waals surface area (Å²) < 4.78 is 5.19. The van der Waals surface area contributed by atoms with Gasteiger partial charge in [0, 0.05) is 5.69 Å². The highest BCUT2D eigenvalue weighted by Crippen LogP contribution is 2.65. The van der Waals surface area contributed by atoms with Crippen LogP contribution in [0.4, 0.5) is 5.69 Å². The molecule has 6 rings (SSSR count). The second kappa shape index (κ2) is 7.32. The van der Waals surface area contributed by atoms with E-state index in [1.807, 2.05) is 13.8 Å². The molecule has 31 heavy (non-hydrogen) atoms. The van der Waals surface area contributed by atoms with E-state index in [4.69, 9.17) is 4.74 Å². The van der Waals surface area contributed by atoms with E-state index >= 15 is 0 Å². The number of nitrogens with one attached hydrogen (secondary N) is 1. The van der Waals surface area contributed by atoms with Gasteiger partial charge in [-0.05, 0) is 60.3 Å². The predicted octanol–water partition coefficient (Wildman–Crippen LogP) is 2.49. The van der Waals surface area contributed by atoms with E-state index in [2.05, 4.69) is 17.5 Å². The second-order valence-electron chi connectivity index (χ2n) is 9.54. The first-order chi connectivity index (χ1) is 14.8. The quantitative estimate of drug-likeness (QED) is 0.432. The van der Waals surface area contributed by atoms with Crippen molar-refractivity contribution in [3.8, 4) is 0 Å². The van der Waals surface area contributed by atoms with Crippen LogP contribution in [0.3, 0.4) is 0 Å². The Kier molecular flexibility index (Phi) is 4.72. The lowest BCUT2D eigenvalue weighted by molar-refractivity contribution is -0.142. The highest BCUT2D eigenvalue weighted by molar-refractivity contribution is 6.09. The zero-order valence-electron chi connectivity index (χ0n) is 17.6. The van der Waals surface area contributed by atoms with Crippen LogP contribution in [0.25, 0.3) is 0 Å². The van der Waals surface area contributed by atoms with Crippen LogP contribution >= 0.6 is 0 Å². The first-order valence-corrected chi connectivity index (χ1v) is 11.0. The molecule has 2 bridgehead atoms. The number of benzene rings is 1. The number of esters is 1. The summed E-state index contributed by atoms with van der Waals surface area (Å²) in [5.41, 5.74) is 0.888. The molecule has 6 unspecified atom stereocenters. The van der Waals surface area contributed by atoms with Crippen molar-refractivity contribution in [2.45, 2.75) is 20.3 Å². The summed E-state index contributed by atoms with van der Waals surface area (Å²) >= 11 is 0. The molecule has 162 valence electrons. The van der Waals surface area contributed by atoms with E-state index in [1.165, 1.54) is 0 Å². The zero-order chi connectivity index (χ0) is 21.9. The molecule has 1 aromatic carbocycles. The fourth-order valence-electron chi connectivity index (χ4n) is 5.53. The first kappa shape index (κ1) is 20.0. The number of carbonyl (C=O) groups is 4. The van der Waals surface area contributed by atoms with Crippen LogP contribution in [0.15, 0.2) is 36.4 Å². The van der Waals surface area contributed by atoms with Crippen LogP contribution in [0, 0.1) is 41.4 Å². The number of hydrogen-bond donors (Lipinski definition) is 1. The summed E-state index contributed by atoms with van der Waals surface area (Å²) in [6.07, 6.45) is 5.34. The van der Waals surface area contributed by atoms with Gasteiger partial charge < -0.3 is 10.1 Å². The van der Waals surface area contributed by atoms with Crippen molar-refractivity contribution in [2.75, 3.05) is 18.5 Å². The van der Waals surface area contributed by atoms with Crippen molar-refractivity contribution in [1.29, 1.82) is 0 Å². The molecule has 3 amide bonds. The van der Waals surface area contributed by atoms with Crippen molar-refractivity contribution in [3.63, 3.8) is 0 Å². The number of carbonyl (C=O) groups excluding carboxylic acids is 4. The zero-order valence-corrected chi connectivity index (χ0v) is 17.6. The molecule has 4 aliphatic carbocycles. The third-order valence-corrected chi connectivity index (χ3v) is 7.01. The summed E-state index contributed by atoms with van der Waals surface area (Å²) in [7, 11) is 0. The monoisotopic (exact) mass is 422 g/mol. The number of likely N-dealkylation sites (tertiary alicyclic amines) is 1. The smallest absolute Gasteiger partial charge is 0.338 e. The third kappa shape index (κ3) is 3.36. The summed E-state index contributed by atoms with van der Waals surface area (Å²) in [5, 5.41) is 2.71. The molecule has 2 saturated carbocycles. The number of imide groups is 1. The Morgan fingerprint density at radius 2 is 1.61 bits per heavy atom. The largest absolute Gasteiger partial charge is 0.462 e. The number of anilines is 1. The molecule has 7 heteroatoms. The van der Waals surface area contributed by atoms with Crippen LogP contribution in [-0.4, -0.2) is 41.7 Å². The second-order valence-corrected chi connectivity index (χ2v) is 9.54. The Balaban J connectivity index is 1.20. The molecule has 1 aliphatic heterocycles. The Morgan fingerprint density at radius 1 is 1.03 bits per heavy atom. The normalized spacial score (nSPS) is 32.2. The molecule has 6 atom stereocenters. The average Bonchev–Trinajstić information content (AvgIpc) is 3.53. The van der Waals surface area contributed by atoms with Gasteiger partial charge in [-0.2, -0.15) is 0 Å². The Labute approximate surface area is 180 Å². The lowest BCUT2D eigenvalue weighted by Crippen LogP contribution is -2.40. The van der Waals surface area contributed by atoms with Gasteiger partial charge in [0.25, 0.3) is 0 Å². The molecule has 3 fully saturated rings. The first-order valence-electron chi connectivity index (χ1n) is 11.0. The van der Waals surface area contributed by atoms with Crippen LogP contribution < -0.4 is 5.32 Å². The average molecular weight is 422 g/mol. The molecule has 1 N–H and O–H groups in total. The summed E-state index contributed by atoms with van der Waals surface area (Å²) in [6.45, 7) is 3.98. The van der Waals surface area contributed by atoms with Gasteiger partial charge in [0.15, 0.2) is 0 Å². The number of allylic oxidation sites excluding steroid dienone is 2. The van der Waals surface area contributed by atoms with Crippen LogP contribution in [0.2, 0.25) is 0 Å². The molecule has 1 heterocycles. The molecule has 7 nitrogen and oxygen atoms in total. The van der Waals surface area contributed by atoms with E-state index in [-0.39, 0.29) is 47.9 Å². The molecular weight excluding hydrogens is 396 g/mol. The van der Waals surface area contributed by atoms with Gasteiger partial charge in [0.1, 0.15) is 6.54 Å². The third-order valence-electron chi connectivity index (χ3n) is 7.01. The van der Waals surface area contributed by atoms with Crippen molar-refractivity contribution in [3.05, 3.63) is 42.0 Å². The van der Waals surface area contributed by atoms with Crippen LogP contribution in [-0.2, 0) is 19.1 Å². The van der Waals surface area contributed by atoms with Gasteiger partial charge in [-0.25, -0.2) is 4.79 Å². The van der Waals surface area contributed by atoms with Gasteiger partial charge in [-0.15, -0.1) is 0 Å². The standard InChI is InChI=1S/C24H26N2O5/c1-12(2)11-31-24(30)13-3-5-14(6-4-13)25-19(27)10-26-22(28)20-15-7-8-16(18-9-17(15)18)21(20)23(26)29/h3-8,12,15-18,20-21H,9-11H2,1-2H3,(H,25,27). The number of rotatable bonds is 6. The van der Waals surface area contributed by atoms with E-state index in [1.54, 1.807) is 24.3 Å². The van der Waals surface area contributed by atoms with Crippen LogP contribution in [0.5, 0.6) is 0 Å². The molecule has 0 spiro atoms. The van der Waals surface area contributed by atoms with Gasteiger partial charge in [-0.1, -0.05) is 26.0 Å². The molecular formula is C24H26N2O5. The van der Waals surface area contributed by atoms with Crippen molar-refractivity contribution < 1.29 is 23.9 Å². The highest BCUT2D eigenvalue weighted by atomic mass is 16.5. The summed E-state index contributed by atoms with van der Waals surface area (Å²) in [5.74, 6) is -0.245. The summed E-state index contributed by atoms with van der Waals surface area (Å²) in [4.78, 5) is 51.6. The predicted molar refractivity (Wildman–Crippen MR) is 112 cm³/mol. The number of amides is 3. The fraction of sp³-hybridized carbons (Fsp3) is 0.500. The van der Waals surface area contributed by atoms with E-state index in [0.29, 0.717) is 29.7 Å². The Hall–Kier alpha value is -2.96. The Morgan fingerprint density at radius 3 is 2.16 bits per heavy atom. The van der Waals surface area contributed by atoms with Gasteiger partial charge >= 0.3 is 5.97 Å². The minimum absolute atomic E-state index is 0.146. The maximum Gasteiger partial charge on any atom is 0.338 e. The fourth-order valence-corrected chi connectivity index (χ4v) is 5.53. The number of ether oxygens (including phenoxy) is 1. The van der Waals surface area contributed by atoms with Gasteiger partial charge in [0.05, 0.1) is 24.0 Å². The molecule has 5 aliphatic rings. The molecule has 0 aromatic heterocycles. The topological polar surface area (TPSA) is 92.8 Å². The minimum Gasteiger partial charge on any atom is -0.462 e. The van der Waals surface area contributed by atoms with E-state index in [0.717, 1.165) is 11.3 Å². The maximum atomic E-state index is 13.0.